The summed E-state index contributed by atoms with van der Waals surface area (Å²) in [6.07, 6.45) is 3.57. The molecule has 1 heterocycles. The Labute approximate surface area is 154 Å². The fourth-order valence-electron chi connectivity index (χ4n) is 3.05. The summed E-state index contributed by atoms with van der Waals surface area (Å²) in [4.78, 5) is 13.2. The van der Waals surface area contributed by atoms with Crippen molar-refractivity contribution in [2.75, 3.05) is 0 Å². The van der Waals surface area contributed by atoms with E-state index in [-0.39, 0.29) is 5.28 Å². The molecule has 25 heavy (non-hydrogen) atoms. The van der Waals surface area contributed by atoms with Gasteiger partial charge < -0.3 is 0 Å². The first-order valence-corrected chi connectivity index (χ1v) is 9.16. The van der Waals surface area contributed by atoms with Crippen LogP contribution in [0.25, 0.3) is 22.8 Å². The molecule has 0 bridgehead atoms. The van der Waals surface area contributed by atoms with Crippen molar-refractivity contribution in [3.63, 3.8) is 0 Å². The second kappa shape index (κ2) is 8.21. The molecule has 3 rings (SSSR count). The molecule has 0 amide bonds. The molecule has 1 atom stereocenters. The van der Waals surface area contributed by atoms with Gasteiger partial charge in [-0.3, -0.25) is 0 Å². The number of nitrogens with zero attached hydrogens (tertiary/aromatic N) is 3. The van der Waals surface area contributed by atoms with Crippen molar-refractivity contribution in [3.8, 4) is 22.8 Å². The molecular formula is C21H22ClN3. The van der Waals surface area contributed by atoms with Crippen molar-refractivity contribution in [2.45, 2.75) is 39.0 Å². The van der Waals surface area contributed by atoms with Crippen molar-refractivity contribution >= 4 is 11.6 Å². The zero-order chi connectivity index (χ0) is 17.6. The van der Waals surface area contributed by atoms with Crippen LogP contribution in [0.2, 0.25) is 5.28 Å². The minimum atomic E-state index is 0.213. The lowest BCUT2D eigenvalue weighted by Gasteiger charge is -2.14. The normalized spacial score (nSPS) is 12.1. The minimum absolute atomic E-state index is 0.213. The molecule has 128 valence electrons. The van der Waals surface area contributed by atoms with Crippen LogP contribution in [0.1, 0.15) is 44.6 Å². The zero-order valence-corrected chi connectivity index (χ0v) is 15.4. The van der Waals surface area contributed by atoms with Crippen LogP contribution in [-0.2, 0) is 0 Å². The summed E-state index contributed by atoms with van der Waals surface area (Å²) in [6, 6.07) is 18.3. The third kappa shape index (κ3) is 4.23. The Morgan fingerprint density at radius 3 is 1.96 bits per heavy atom. The SMILES string of the molecule is CCCC(CC)c1ccc(-c2nc(Cl)nc(-c3ccccc3)n2)cc1. The predicted octanol–water partition coefficient (Wildman–Crippen LogP) is 6.15. The second-order valence-electron chi connectivity index (χ2n) is 6.13. The van der Waals surface area contributed by atoms with Crippen LogP contribution in [0.15, 0.2) is 54.6 Å². The summed E-state index contributed by atoms with van der Waals surface area (Å²) >= 11 is 6.13. The third-order valence-electron chi connectivity index (χ3n) is 4.41. The van der Waals surface area contributed by atoms with E-state index in [0.29, 0.717) is 17.6 Å². The minimum Gasteiger partial charge on any atom is -0.208 e. The van der Waals surface area contributed by atoms with E-state index in [4.69, 9.17) is 11.6 Å². The molecule has 2 aromatic carbocycles. The van der Waals surface area contributed by atoms with E-state index in [2.05, 4.69) is 53.1 Å². The summed E-state index contributed by atoms with van der Waals surface area (Å²) in [7, 11) is 0. The highest BCUT2D eigenvalue weighted by Gasteiger charge is 2.11. The average Bonchev–Trinajstić information content (AvgIpc) is 2.66. The van der Waals surface area contributed by atoms with Gasteiger partial charge in [0, 0.05) is 11.1 Å². The molecule has 0 aliphatic heterocycles. The van der Waals surface area contributed by atoms with Gasteiger partial charge in [0.1, 0.15) is 0 Å². The van der Waals surface area contributed by atoms with Crippen molar-refractivity contribution in [1.82, 2.24) is 15.0 Å². The summed E-state index contributed by atoms with van der Waals surface area (Å²) < 4.78 is 0. The van der Waals surface area contributed by atoms with Gasteiger partial charge in [0.15, 0.2) is 11.6 Å². The molecule has 0 radical (unpaired) electrons. The average molecular weight is 352 g/mol. The van der Waals surface area contributed by atoms with Crippen LogP contribution in [0, 0.1) is 0 Å². The van der Waals surface area contributed by atoms with E-state index in [0.717, 1.165) is 17.5 Å². The lowest BCUT2D eigenvalue weighted by molar-refractivity contribution is 0.596. The maximum Gasteiger partial charge on any atom is 0.226 e. The Kier molecular flexibility index (Phi) is 5.77. The first kappa shape index (κ1) is 17.6. The van der Waals surface area contributed by atoms with E-state index < -0.39 is 0 Å². The van der Waals surface area contributed by atoms with E-state index >= 15 is 0 Å². The van der Waals surface area contributed by atoms with Gasteiger partial charge in [-0.05, 0) is 35.9 Å². The zero-order valence-electron chi connectivity index (χ0n) is 14.6. The van der Waals surface area contributed by atoms with Crippen molar-refractivity contribution in [3.05, 3.63) is 65.4 Å². The van der Waals surface area contributed by atoms with Gasteiger partial charge in [-0.25, -0.2) is 4.98 Å². The number of hydrogen-bond acceptors (Lipinski definition) is 3. The third-order valence-corrected chi connectivity index (χ3v) is 4.58. The molecule has 0 spiro atoms. The van der Waals surface area contributed by atoms with Gasteiger partial charge in [0.2, 0.25) is 5.28 Å². The van der Waals surface area contributed by atoms with Gasteiger partial charge in [-0.15, -0.1) is 0 Å². The van der Waals surface area contributed by atoms with Crippen LogP contribution in [0.4, 0.5) is 0 Å². The highest BCUT2D eigenvalue weighted by Crippen LogP contribution is 2.27. The summed E-state index contributed by atoms with van der Waals surface area (Å²) in [6.45, 7) is 4.47. The highest BCUT2D eigenvalue weighted by molar-refractivity contribution is 6.28. The van der Waals surface area contributed by atoms with Crippen molar-refractivity contribution in [2.24, 2.45) is 0 Å². The summed E-state index contributed by atoms with van der Waals surface area (Å²) in [5.74, 6) is 1.81. The van der Waals surface area contributed by atoms with Gasteiger partial charge in [0.25, 0.3) is 0 Å². The first-order chi connectivity index (χ1) is 12.2. The fourth-order valence-corrected chi connectivity index (χ4v) is 3.21. The predicted molar refractivity (Wildman–Crippen MR) is 104 cm³/mol. The topological polar surface area (TPSA) is 38.7 Å². The monoisotopic (exact) mass is 351 g/mol. The maximum absolute atomic E-state index is 6.13. The molecule has 0 N–H and O–H groups in total. The number of aromatic nitrogens is 3. The van der Waals surface area contributed by atoms with Gasteiger partial charge in [-0.2, -0.15) is 9.97 Å². The molecule has 0 aliphatic rings. The molecule has 0 saturated heterocycles. The van der Waals surface area contributed by atoms with Crippen LogP contribution >= 0.6 is 11.6 Å². The van der Waals surface area contributed by atoms with E-state index in [1.807, 2.05) is 30.3 Å². The Morgan fingerprint density at radius 2 is 1.40 bits per heavy atom. The first-order valence-electron chi connectivity index (χ1n) is 8.78. The summed E-state index contributed by atoms with van der Waals surface area (Å²) in [5.41, 5.74) is 3.26. The van der Waals surface area contributed by atoms with Crippen LogP contribution in [0.3, 0.4) is 0 Å². The Hall–Kier alpha value is -2.26. The molecule has 0 saturated carbocycles. The van der Waals surface area contributed by atoms with Gasteiger partial charge >= 0.3 is 0 Å². The standard InChI is InChI=1S/C21H22ClN3/c1-3-8-15(4-2)16-11-13-18(14-12-16)20-23-19(24-21(22)25-20)17-9-6-5-7-10-17/h5-7,9-15H,3-4,8H2,1-2H3. The Balaban J connectivity index is 1.93. The largest absolute Gasteiger partial charge is 0.226 e. The van der Waals surface area contributed by atoms with E-state index in [1.54, 1.807) is 0 Å². The molecular weight excluding hydrogens is 330 g/mol. The van der Waals surface area contributed by atoms with Gasteiger partial charge in [0.05, 0.1) is 0 Å². The van der Waals surface area contributed by atoms with Crippen LogP contribution < -0.4 is 0 Å². The number of halogens is 1. The lowest BCUT2D eigenvalue weighted by atomic mass is 9.91. The second-order valence-corrected chi connectivity index (χ2v) is 6.47. The van der Waals surface area contributed by atoms with Crippen molar-refractivity contribution < 1.29 is 0 Å². The van der Waals surface area contributed by atoms with E-state index in [1.165, 1.54) is 18.4 Å². The summed E-state index contributed by atoms with van der Waals surface area (Å²) in [5, 5.41) is 0.213. The molecule has 3 aromatic rings. The number of benzene rings is 2. The molecule has 1 unspecified atom stereocenters. The Bertz CT molecular complexity index is 816. The smallest absolute Gasteiger partial charge is 0.208 e. The maximum atomic E-state index is 6.13. The quantitative estimate of drug-likeness (QED) is 0.534. The van der Waals surface area contributed by atoms with Gasteiger partial charge in [-0.1, -0.05) is 74.9 Å². The van der Waals surface area contributed by atoms with Crippen LogP contribution in [0.5, 0.6) is 0 Å². The van der Waals surface area contributed by atoms with Crippen molar-refractivity contribution in [1.29, 1.82) is 0 Å². The van der Waals surface area contributed by atoms with E-state index in [9.17, 15) is 0 Å². The van der Waals surface area contributed by atoms with Crippen LogP contribution in [-0.4, -0.2) is 15.0 Å². The number of rotatable bonds is 6. The lowest BCUT2D eigenvalue weighted by Crippen LogP contribution is -1.99. The number of hydrogen-bond donors (Lipinski definition) is 0. The Morgan fingerprint density at radius 1 is 0.800 bits per heavy atom. The molecule has 1 aromatic heterocycles. The molecule has 0 fully saturated rings. The molecule has 4 heteroatoms. The highest BCUT2D eigenvalue weighted by atomic mass is 35.5. The fraction of sp³-hybridized carbons (Fsp3) is 0.286. The molecule has 0 aliphatic carbocycles. The molecule has 3 nitrogen and oxygen atoms in total.